The molecule has 126 valence electrons. The second kappa shape index (κ2) is 7.97. The third-order valence-electron chi connectivity index (χ3n) is 3.51. The zero-order valence-electron chi connectivity index (χ0n) is 14.2. The highest BCUT2D eigenvalue weighted by molar-refractivity contribution is 7.99. The van der Waals surface area contributed by atoms with Crippen LogP contribution in [0.1, 0.15) is 21.5 Å². The van der Waals surface area contributed by atoms with Crippen LogP contribution in [0.3, 0.4) is 0 Å². The first-order valence-electron chi connectivity index (χ1n) is 7.46. The Morgan fingerprint density at radius 2 is 1.92 bits per heavy atom. The van der Waals surface area contributed by atoms with Gasteiger partial charge in [-0.3, -0.25) is 4.79 Å². The molecular weight excluding hydrogens is 324 g/mol. The Hall–Kier alpha value is -2.34. The Kier molecular flexibility index (Phi) is 5.98. The lowest BCUT2D eigenvalue weighted by atomic mass is 10.1. The van der Waals surface area contributed by atoms with E-state index in [0.717, 1.165) is 4.90 Å². The summed E-state index contributed by atoms with van der Waals surface area (Å²) in [5.41, 5.74) is 2.74. The van der Waals surface area contributed by atoms with Crippen molar-refractivity contribution in [2.75, 3.05) is 20.7 Å². The Bertz CT molecular complexity index is 760. The quantitative estimate of drug-likeness (QED) is 0.780. The van der Waals surface area contributed by atoms with Crippen LogP contribution in [-0.2, 0) is 9.53 Å². The fraction of sp³-hybridized carbons (Fsp3) is 0.278. The van der Waals surface area contributed by atoms with Crippen molar-refractivity contribution in [1.82, 2.24) is 9.88 Å². The van der Waals surface area contributed by atoms with E-state index in [1.807, 2.05) is 19.1 Å². The predicted molar refractivity (Wildman–Crippen MR) is 93.3 cm³/mol. The molecular formula is C18H20N2O3S. The monoisotopic (exact) mass is 344 g/mol. The lowest BCUT2D eigenvalue weighted by Crippen LogP contribution is -2.27. The van der Waals surface area contributed by atoms with E-state index >= 15 is 0 Å². The van der Waals surface area contributed by atoms with E-state index in [4.69, 9.17) is 4.74 Å². The van der Waals surface area contributed by atoms with Gasteiger partial charge in [-0.15, -0.1) is 0 Å². The Morgan fingerprint density at radius 3 is 2.58 bits per heavy atom. The minimum absolute atomic E-state index is 0.268. The molecule has 24 heavy (non-hydrogen) atoms. The minimum Gasteiger partial charge on any atom is -0.452 e. The number of carbonyl (C=O) groups is 2. The molecule has 0 spiro atoms. The fourth-order valence-corrected chi connectivity index (χ4v) is 2.82. The molecule has 0 aliphatic heterocycles. The zero-order valence-corrected chi connectivity index (χ0v) is 15.0. The molecule has 1 aromatic heterocycles. The Balaban J connectivity index is 2.16. The molecule has 0 bridgehead atoms. The van der Waals surface area contributed by atoms with Gasteiger partial charge < -0.3 is 9.64 Å². The number of nitrogens with zero attached hydrogens (tertiary/aromatic N) is 2. The summed E-state index contributed by atoms with van der Waals surface area (Å²) in [6.07, 6.45) is 1.63. The molecule has 2 rings (SSSR count). The van der Waals surface area contributed by atoms with Gasteiger partial charge in [0.15, 0.2) is 6.61 Å². The zero-order chi connectivity index (χ0) is 17.7. The molecule has 0 radical (unpaired) electrons. The standard InChI is InChI=1S/C18H20N2O3S/c1-12-7-8-14(10-13(12)2)24-17-15(6-5-9-19-17)18(22)23-11-16(21)20(3)4/h5-10H,11H2,1-4H3. The van der Waals surface area contributed by atoms with Crippen LogP contribution < -0.4 is 0 Å². The van der Waals surface area contributed by atoms with Gasteiger partial charge >= 0.3 is 5.97 Å². The SMILES string of the molecule is Cc1ccc(Sc2ncccc2C(=O)OCC(=O)N(C)C)cc1C. The predicted octanol–water partition coefficient (Wildman–Crippen LogP) is 3.09. The molecule has 0 saturated carbocycles. The summed E-state index contributed by atoms with van der Waals surface area (Å²) >= 11 is 1.40. The van der Waals surface area contributed by atoms with Crippen molar-refractivity contribution in [2.24, 2.45) is 0 Å². The molecule has 2 aromatic rings. The smallest absolute Gasteiger partial charge is 0.341 e. The maximum absolute atomic E-state index is 12.3. The van der Waals surface area contributed by atoms with E-state index in [9.17, 15) is 9.59 Å². The molecule has 1 amide bonds. The van der Waals surface area contributed by atoms with Crippen molar-refractivity contribution >= 4 is 23.6 Å². The van der Waals surface area contributed by atoms with Crippen molar-refractivity contribution in [3.05, 3.63) is 53.2 Å². The second-order valence-electron chi connectivity index (χ2n) is 5.57. The first-order valence-corrected chi connectivity index (χ1v) is 8.27. The van der Waals surface area contributed by atoms with Gasteiger partial charge in [-0.1, -0.05) is 17.8 Å². The number of aryl methyl sites for hydroxylation is 2. The minimum atomic E-state index is -0.551. The third kappa shape index (κ3) is 4.58. The molecule has 0 atom stereocenters. The van der Waals surface area contributed by atoms with Gasteiger partial charge in [0.1, 0.15) is 5.03 Å². The lowest BCUT2D eigenvalue weighted by molar-refractivity contribution is -0.131. The van der Waals surface area contributed by atoms with E-state index in [1.165, 1.54) is 27.8 Å². The lowest BCUT2D eigenvalue weighted by Gasteiger charge is -2.12. The summed E-state index contributed by atoms with van der Waals surface area (Å²) in [7, 11) is 3.22. The molecule has 0 aliphatic carbocycles. The maximum Gasteiger partial charge on any atom is 0.341 e. The maximum atomic E-state index is 12.3. The van der Waals surface area contributed by atoms with Crippen molar-refractivity contribution in [2.45, 2.75) is 23.8 Å². The van der Waals surface area contributed by atoms with Crippen molar-refractivity contribution < 1.29 is 14.3 Å². The number of hydrogen-bond donors (Lipinski definition) is 0. The van der Waals surface area contributed by atoms with Crippen molar-refractivity contribution in [3.63, 3.8) is 0 Å². The number of ether oxygens (including phenoxy) is 1. The average molecular weight is 344 g/mol. The highest BCUT2D eigenvalue weighted by Gasteiger charge is 2.17. The number of pyridine rings is 1. The van der Waals surface area contributed by atoms with Gasteiger partial charge in [-0.2, -0.15) is 0 Å². The molecule has 5 nitrogen and oxygen atoms in total. The first-order chi connectivity index (χ1) is 11.4. The van der Waals surface area contributed by atoms with Crippen LogP contribution in [0.5, 0.6) is 0 Å². The summed E-state index contributed by atoms with van der Waals surface area (Å²) in [5, 5.41) is 0.558. The summed E-state index contributed by atoms with van der Waals surface area (Å²) < 4.78 is 5.09. The van der Waals surface area contributed by atoms with E-state index in [0.29, 0.717) is 10.6 Å². The van der Waals surface area contributed by atoms with Crippen LogP contribution in [0, 0.1) is 13.8 Å². The van der Waals surface area contributed by atoms with Crippen LogP contribution in [0.4, 0.5) is 0 Å². The summed E-state index contributed by atoms with van der Waals surface area (Å²) in [5.74, 6) is -0.819. The van der Waals surface area contributed by atoms with Crippen LogP contribution >= 0.6 is 11.8 Å². The van der Waals surface area contributed by atoms with Gasteiger partial charge in [0.2, 0.25) is 0 Å². The molecule has 0 saturated heterocycles. The highest BCUT2D eigenvalue weighted by Crippen LogP contribution is 2.30. The number of likely N-dealkylation sites (N-methyl/N-ethyl adjacent to an activating group) is 1. The Morgan fingerprint density at radius 1 is 1.17 bits per heavy atom. The van der Waals surface area contributed by atoms with E-state index in [1.54, 1.807) is 32.4 Å². The van der Waals surface area contributed by atoms with Gasteiger partial charge in [0, 0.05) is 25.2 Å². The third-order valence-corrected chi connectivity index (χ3v) is 4.52. The first kappa shape index (κ1) is 18.0. The summed E-state index contributed by atoms with van der Waals surface area (Å²) in [4.78, 5) is 30.5. The number of rotatable bonds is 5. The van der Waals surface area contributed by atoms with Crippen LogP contribution in [0.15, 0.2) is 46.5 Å². The molecule has 1 heterocycles. The van der Waals surface area contributed by atoms with E-state index in [2.05, 4.69) is 18.0 Å². The molecule has 1 aromatic carbocycles. The topological polar surface area (TPSA) is 59.5 Å². The van der Waals surface area contributed by atoms with Crippen LogP contribution in [-0.4, -0.2) is 42.5 Å². The highest BCUT2D eigenvalue weighted by atomic mass is 32.2. The second-order valence-corrected chi connectivity index (χ2v) is 6.63. The largest absolute Gasteiger partial charge is 0.452 e. The van der Waals surface area contributed by atoms with Gasteiger partial charge in [-0.05, 0) is 49.2 Å². The van der Waals surface area contributed by atoms with Crippen molar-refractivity contribution in [3.8, 4) is 0 Å². The number of benzene rings is 1. The molecule has 0 fully saturated rings. The van der Waals surface area contributed by atoms with Crippen molar-refractivity contribution in [1.29, 1.82) is 0 Å². The van der Waals surface area contributed by atoms with E-state index < -0.39 is 5.97 Å². The number of esters is 1. The number of aromatic nitrogens is 1. The molecule has 6 heteroatoms. The normalized spacial score (nSPS) is 10.3. The average Bonchev–Trinajstić information content (AvgIpc) is 2.56. The summed E-state index contributed by atoms with van der Waals surface area (Å²) in [6, 6.07) is 9.41. The number of amides is 1. The van der Waals surface area contributed by atoms with Gasteiger partial charge in [-0.25, -0.2) is 9.78 Å². The molecule has 0 unspecified atom stereocenters. The van der Waals surface area contributed by atoms with Crippen LogP contribution in [0.25, 0.3) is 0 Å². The number of hydrogen-bond acceptors (Lipinski definition) is 5. The Labute approximate surface area is 146 Å². The van der Waals surface area contributed by atoms with Gasteiger partial charge in [0.05, 0.1) is 5.56 Å². The molecule has 0 N–H and O–H groups in total. The fourth-order valence-electron chi connectivity index (χ4n) is 1.85. The van der Waals surface area contributed by atoms with E-state index in [-0.39, 0.29) is 12.5 Å². The van der Waals surface area contributed by atoms with Crippen LogP contribution in [0.2, 0.25) is 0 Å². The van der Waals surface area contributed by atoms with Gasteiger partial charge in [0.25, 0.3) is 5.91 Å². The number of carbonyl (C=O) groups excluding carboxylic acids is 2. The summed E-state index contributed by atoms with van der Waals surface area (Å²) in [6.45, 7) is 3.81. The molecule has 0 aliphatic rings.